The highest BCUT2D eigenvalue weighted by Gasteiger charge is 2.36. The summed E-state index contributed by atoms with van der Waals surface area (Å²) in [5.41, 5.74) is -1.05. The Bertz CT molecular complexity index is 1260. The first-order chi connectivity index (χ1) is 16.7. The van der Waals surface area contributed by atoms with Gasteiger partial charge >= 0.3 is 18.2 Å². The van der Waals surface area contributed by atoms with E-state index in [1.807, 2.05) is 0 Å². The Hall–Kier alpha value is -4.43. The number of pyridine rings is 1. The first kappa shape index (κ1) is 26.2. The normalized spacial score (nSPS) is 11.7. The molecule has 3 N–H and O–H groups in total. The molecular weight excluding hydrogens is 489 g/mol. The number of hydrogen-bond acceptors (Lipinski definition) is 8. The summed E-state index contributed by atoms with van der Waals surface area (Å²) in [5.74, 6) is -2.46. The van der Waals surface area contributed by atoms with Gasteiger partial charge in [0.25, 0.3) is 5.91 Å². The lowest BCUT2D eigenvalue weighted by atomic mass is 10.2. The molecule has 0 aliphatic carbocycles. The third kappa shape index (κ3) is 6.80. The highest BCUT2D eigenvalue weighted by molar-refractivity contribution is 5.93. The van der Waals surface area contributed by atoms with E-state index in [-0.39, 0.29) is 40.8 Å². The van der Waals surface area contributed by atoms with Crippen LogP contribution in [0.2, 0.25) is 0 Å². The first-order valence-corrected chi connectivity index (χ1v) is 10.3. The number of aromatic carboxylic acids is 1. The Morgan fingerprint density at radius 3 is 2.61 bits per heavy atom. The Labute approximate surface area is 201 Å². The van der Waals surface area contributed by atoms with Crippen molar-refractivity contribution in [1.29, 1.82) is 0 Å². The van der Waals surface area contributed by atoms with Crippen molar-refractivity contribution in [3.05, 3.63) is 47.7 Å². The fourth-order valence-electron chi connectivity index (χ4n) is 2.84. The van der Waals surface area contributed by atoms with Crippen LogP contribution >= 0.6 is 0 Å². The number of oxazole rings is 1. The molecule has 3 aromatic heterocycles. The quantitative estimate of drug-likeness (QED) is 0.432. The van der Waals surface area contributed by atoms with Gasteiger partial charge in [0.2, 0.25) is 5.89 Å². The number of alkyl halides is 3. The summed E-state index contributed by atoms with van der Waals surface area (Å²) in [6.45, 7) is 2.71. The number of anilines is 1. The van der Waals surface area contributed by atoms with Crippen LogP contribution in [-0.2, 0) is 11.3 Å². The molecule has 0 bridgehead atoms. The fraction of sp³-hybridized carbons (Fsp3) is 0.333. The maximum Gasteiger partial charge on any atom is 0.416 e. The summed E-state index contributed by atoms with van der Waals surface area (Å²) >= 11 is 0. The predicted octanol–water partition coefficient (Wildman–Crippen LogP) is 3.39. The zero-order valence-electron chi connectivity index (χ0n) is 19.2. The van der Waals surface area contributed by atoms with Gasteiger partial charge in [0, 0.05) is 23.9 Å². The molecule has 192 valence electrons. The van der Waals surface area contributed by atoms with E-state index in [1.54, 1.807) is 0 Å². The van der Waals surface area contributed by atoms with E-state index >= 15 is 0 Å². The number of nitrogens with one attached hydrogen (secondary N) is 2. The van der Waals surface area contributed by atoms with Crippen molar-refractivity contribution in [3.63, 3.8) is 0 Å². The van der Waals surface area contributed by atoms with Crippen LogP contribution in [0.5, 0.6) is 0 Å². The second-order valence-electron chi connectivity index (χ2n) is 8.38. The van der Waals surface area contributed by atoms with Crippen molar-refractivity contribution in [2.24, 2.45) is 0 Å². The molecular formula is C21H21F3N6O6. The van der Waals surface area contributed by atoms with Gasteiger partial charge in [-0.1, -0.05) is 0 Å². The molecule has 0 saturated carbocycles. The second-order valence-corrected chi connectivity index (χ2v) is 8.38. The third-order valence-corrected chi connectivity index (χ3v) is 4.33. The van der Waals surface area contributed by atoms with E-state index < -0.39 is 36.3 Å². The lowest BCUT2D eigenvalue weighted by Gasteiger charge is -2.27. The number of carboxylic acid groups (broad SMARTS) is 1. The van der Waals surface area contributed by atoms with E-state index in [0.717, 1.165) is 18.5 Å². The van der Waals surface area contributed by atoms with Crippen molar-refractivity contribution in [3.8, 4) is 11.5 Å². The minimum absolute atomic E-state index is 0.130. The van der Waals surface area contributed by atoms with Crippen molar-refractivity contribution < 1.29 is 41.8 Å². The van der Waals surface area contributed by atoms with Gasteiger partial charge in [0.05, 0.1) is 6.20 Å². The molecule has 15 heteroatoms. The van der Waals surface area contributed by atoms with Gasteiger partial charge in [-0.05, 0) is 32.9 Å². The molecule has 0 atom stereocenters. The number of ether oxygens (including phenoxy) is 1. The van der Waals surface area contributed by atoms with Gasteiger partial charge < -0.3 is 19.6 Å². The van der Waals surface area contributed by atoms with Crippen molar-refractivity contribution in [2.75, 3.05) is 11.4 Å². The number of H-pyrrole nitrogens is 1. The largest absolute Gasteiger partial charge is 0.477 e. The smallest absolute Gasteiger partial charge is 0.416 e. The van der Waals surface area contributed by atoms with E-state index in [4.69, 9.17) is 14.3 Å². The Balaban J connectivity index is 1.79. The van der Waals surface area contributed by atoms with Crippen molar-refractivity contribution in [2.45, 2.75) is 39.1 Å². The van der Waals surface area contributed by atoms with Crippen LogP contribution in [0, 0.1) is 0 Å². The molecule has 3 aromatic rings. The van der Waals surface area contributed by atoms with Crippen molar-refractivity contribution >= 4 is 23.8 Å². The second kappa shape index (κ2) is 10.1. The minimum Gasteiger partial charge on any atom is -0.477 e. The van der Waals surface area contributed by atoms with E-state index in [9.17, 15) is 27.6 Å². The molecule has 0 aliphatic heterocycles. The molecule has 0 unspecified atom stereocenters. The number of carbonyl (C=O) groups is 3. The molecule has 3 rings (SSSR count). The summed E-state index contributed by atoms with van der Waals surface area (Å²) in [7, 11) is 0. The summed E-state index contributed by atoms with van der Waals surface area (Å²) in [4.78, 5) is 44.1. The molecule has 0 spiro atoms. The number of nitrogens with zero attached hydrogens (tertiary/aromatic N) is 4. The molecule has 0 fully saturated rings. The average molecular weight is 510 g/mol. The fourth-order valence-corrected chi connectivity index (χ4v) is 2.84. The molecule has 0 aromatic carbocycles. The van der Waals surface area contributed by atoms with E-state index in [0.29, 0.717) is 4.90 Å². The number of halogens is 3. The molecule has 0 radical (unpaired) electrons. The Kier molecular flexibility index (Phi) is 7.31. The van der Waals surface area contributed by atoms with Crippen LogP contribution in [-0.4, -0.2) is 61.6 Å². The summed E-state index contributed by atoms with van der Waals surface area (Å²) in [5, 5.41) is 17.4. The van der Waals surface area contributed by atoms with Crippen LogP contribution in [0.3, 0.4) is 0 Å². The number of aromatic amines is 1. The summed E-state index contributed by atoms with van der Waals surface area (Å²) < 4.78 is 49.8. The highest BCUT2D eigenvalue weighted by Crippen LogP contribution is 2.27. The molecule has 0 aliphatic rings. The number of hydrogen-bond donors (Lipinski definition) is 3. The molecule has 2 amide bonds. The van der Waals surface area contributed by atoms with E-state index in [1.165, 1.54) is 33.0 Å². The molecule has 36 heavy (non-hydrogen) atoms. The molecule has 0 saturated heterocycles. The first-order valence-electron chi connectivity index (χ1n) is 10.3. The zero-order chi connectivity index (χ0) is 26.7. The maximum absolute atomic E-state index is 13.2. The topological polar surface area (TPSA) is 164 Å². The van der Waals surface area contributed by atoms with Crippen LogP contribution < -0.4 is 10.2 Å². The van der Waals surface area contributed by atoms with Crippen molar-refractivity contribution in [1.82, 2.24) is 25.5 Å². The van der Waals surface area contributed by atoms with Gasteiger partial charge in [-0.15, -0.1) is 0 Å². The maximum atomic E-state index is 13.2. The van der Waals surface area contributed by atoms with Gasteiger partial charge in [0.15, 0.2) is 5.69 Å². The van der Waals surface area contributed by atoms with Gasteiger partial charge in [-0.25, -0.2) is 19.6 Å². The Morgan fingerprint density at radius 2 is 1.97 bits per heavy atom. The monoisotopic (exact) mass is 510 g/mol. The van der Waals surface area contributed by atoms with E-state index in [2.05, 4.69) is 25.5 Å². The standard InChI is InChI=1S/C21H21F3N6O6/c1-20(2,3)36-19(34)30(10-21(22,23)24)14-6-11(4-5-25-14)17-28-13(9-35-17)16(31)26-7-12-8-27-29-15(12)18(32)33/h4-6,8-9H,7,10H2,1-3H3,(H,26,31)(H,27,29)(H,32,33). The number of amides is 2. The lowest BCUT2D eigenvalue weighted by molar-refractivity contribution is -0.119. The van der Waals surface area contributed by atoms with Crippen LogP contribution in [0.1, 0.15) is 47.3 Å². The predicted molar refractivity (Wildman–Crippen MR) is 116 cm³/mol. The number of rotatable bonds is 7. The number of carboxylic acids is 1. The summed E-state index contributed by atoms with van der Waals surface area (Å²) in [6.07, 6.45) is -2.59. The molecule has 12 nitrogen and oxygen atoms in total. The van der Waals surface area contributed by atoms with Crippen LogP contribution in [0.15, 0.2) is 35.2 Å². The Morgan fingerprint density at radius 1 is 1.25 bits per heavy atom. The van der Waals surface area contributed by atoms with Gasteiger partial charge in [-0.3, -0.25) is 14.8 Å². The number of aromatic nitrogens is 4. The van der Waals surface area contributed by atoms with Crippen LogP contribution in [0.25, 0.3) is 11.5 Å². The highest BCUT2D eigenvalue weighted by atomic mass is 19.4. The van der Waals surface area contributed by atoms with Crippen LogP contribution in [0.4, 0.5) is 23.8 Å². The lowest BCUT2D eigenvalue weighted by Crippen LogP contribution is -2.42. The average Bonchev–Trinajstić information content (AvgIpc) is 3.44. The summed E-state index contributed by atoms with van der Waals surface area (Å²) in [6, 6.07) is 2.50. The van der Waals surface area contributed by atoms with Gasteiger partial charge in [-0.2, -0.15) is 18.3 Å². The molecule has 3 heterocycles. The number of carbonyl (C=O) groups excluding carboxylic acids is 2. The van der Waals surface area contributed by atoms with Gasteiger partial charge in [0.1, 0.15) is 29.9 Å². The minimum atomic E-state index is -4.74. The SMILES string of the molecule is CC(C)(C)OC(=O)N(CC(F)(F)F)c1cc(-c2nc(C(=O)NCc3cn[nH]c3C(=O)O)co2)ccn1. The third-order valence-electron chi connectivity index (χ3n) is 4.33. The zero-order valence-corrected chi connectivity index (χ0v) is 19.2.